The van der Waals surface area contributed by atoms with E-state index in [0.29, 0.717) is 13.1 Å². The van der Waals surface area contributed by atoms with Gasteiger partial charge in [-0.2, -0.15) is 0 Å². The third-order valence-corrected chi connectivity index (χ3v) is 2.68. The number of hydrogen-bond acceptors (Lipinski definition) is 4. The van der Waals surface area contributed by atoms with Gasteiger partial charge in [0.2, 0.25) is 5.91 Å². The minimum atomic E-state index is -0.627. The van der Waals surface area contributed by atoms with Crippen LogP contribution in [-0.2, 0) is 14.3 Å². The molecule has 1 fully saturated rings. The topological polar surface area (TPSA) is 49.9 Å². The normalized spacial score (nSPS) is 21.3. The summed E-state index contributed by atoms with van der Waals surface area (Å²) in [5.41, 5.74) is -0.540. The van der Waals surface area contributed by atoms with Crippen LogP contribution in [0.15, 0.2) is 0 Å². The Hall–Kier alpha value is -1.10. The maximum Gasteiger partial charge on any atom is 0.319 e. The summed E-state index contributed by atoms with van der Waals surface area (Å²) in [6.45, 7) is 6.72. The second-order valence-electron chi connectivity index (χ2n) is 6.05. The zero-order chi connectivity index (χ0) is 13.9. The van der Waals surface area contributed by atoms with Crippen LogP contribution < -0.4 is 0 Å². The highest BCUT2D eigenvalue weighted by atomic mass is 16.6. The molecule has 0 N–H and O–H groups in total. The quantitative estimate of drug-likeness (QED) is 0.560. The van der Waals surface area contributed by atoms with E-state index in [4.69, 9.17) is 4.74 Å². The fourth-order valence-electron chi connectivity index (χ4n) is 2.01. The molecule has 5 nitrogen and oxygen atoms in total. The number of esters is 1. The Morgan fingerprint density at radius 2 is 2.06 bits per heavy atom. The lowest BCUT2D eigenvalue weighted by Gasteiger charge is -2.34. The Labute approximate surface area is 109 Å². The number of nitrogens with zero attached hydrogens (tertiary/aromatic N) is 2. The molecule has 0 bridgehead atoms. The minimum Gasteiger partial charge on any atom is -0.459 e. The monoisotopic (exact) mass is 256 g/mol. The largest absolute Gasteiger partial charge is 0.459 e. The van der Waals surface area contributed by atoms with E-state index in [-0.39, 0.29) is 5.91 Å². The lowest BCUT2D eigenvalue weighted by Crippen LogP contribution is -2.48. The maximum atomic E-state index is 12.2. The van der Waals surface area contributed by atoms with E-state index in [2.05, 4.69) is 0 Å². The first-order valence-electron chi connectivity index (χ1n) is 6.37. The van der Waals surface area contributed by atoms with Crippen LogP contribution in [0.25, 0.3) is 0 Å². The second-order valence-corrected chi connectivity index (χ2v) is 6.05. The summed E-state index contributed by atoms with van der Waals surface area (Å²) in [6, 6.07) is 0. The summed E-state index contributed by atoms with van der Waals surface area (Å²) < 4.78 is 5.30. The van der Waals surface area contributed by atoms with E-state index in [1.54, 1.807) is 4.90 Å². The van der Waals surface area contributed by atoms with Crippen molar-refractivity contribution in [3.05, 3.63) is 0 Å². The van der Waals surface area contributed by atoms with Crippen molar-refractivity contribution in [1.29, 1.82) is 0 Å². The maximum absolute atomic E-state index is 12.2. The number of amides is 1. The molecular weight excluding hydrogens is 232 g/mol. The molecule has 5 heteroatoms. The number of hydrogen-bond donors (Lipinski definition) is 0. The molecule has 1 rings (SSSR count). The molecule has 1 heterocycles. The van der Waals surface area contributed by atoms with Crippen LogP contribution in [0.1, 0.15) is 33.6 Å². The van der Waals surface area contributed by atoms with Crippen LogP contribution in [-0.4, -0.2) is 54.6 Å². The molecule has 0 aliphatic carbocycles. The van der Waals surface area contributed by atoms with Gasteiger partial charge in [0.1, 0.15) is 11.5 Å². The predicted octanol–water partition coefficient (Wildman–Crippen LogP) is 1.09. The molecule has 0 aromatic rings. The predicted molar refractivity (Wildman–Crippen MR) is 68.8 cm³/mol. The van der Waals surface area contributed by atoms with E-state index in [1.165, 1.54) is 0 Å². The molecular formula is C13H24N2O3. The molecule has 1 aliphatic rings. The van der Waals surface area contributed by atoms with Gasteiger partial charge in [-0.05, 0) is 47.7 Å². The molecule has 0 spiro atoms. The second kappa shape index (κ2) is 5.69. The van der Waals surface area contributed by atoms with Gasteiger partial charge in [-0.3, -0.25) is 14.5 Å². The molecule has 1 aliphatic heterocycles. The molecule has 1 amide bonds. The molecule has 104 valence electrons. The molecule has 0 saturated carbocycles. The molecule has 1 unspecified atom stereocenters. The van der Waals surface area contributed by atoms with Crippen molar-refractivity contribution >= 4 is 11.9 Å². The number of carbonyl (C=O) groups is 2. The van der Waals surface area contributed by atoms with E-state index in [9.17, 15) is 9.59 Å². The molecule has 1 saturated heterocycles. The number of likely N-dealkylation sites (tertiary alicyclic amines) is 1. The lowest BCUT2D eigenvalue weighted by molar-refractivity contribution is -0.167. The van der Waals surface area contributed by atoms with E-state index in [1.807, 2.05) is 39.8 Å². The molecule has 18 heavy (non-hydrogen) atoms. The number of piperidine rings is 1. The van der Waals surface area contributed by atoms with Crippen molar-refractivity contribution in [1.82, 2.24) is 9.80 Å². The Bertz CT molecular complexity index is 321. The SMILES string of the molecule is CN(C)CN1CCCC(C(=O)OC(C)(C)C)C1=O. The number of carbonyl (C=O) groups excluding carboxylic acids is 2. The summed E-state index contributed by atoms with van der Waals surface area (Å²) in [6.07, 6.45) is 1.45. The fourth-order valence-corrected chi connectivity index (χ4v) is 2.01. The van der Waals surface area contributed by atoms with Crippen LogP contribution in [0.5, 0.6) is 0 Å². The van der Waals surface area contributed by atoms with Crippen molar-refractivity contribution in [2.45, 2.75) is 39.2 Å². The molecule has 0 aromatic carbocycles. The van der Waals surface area contributed by atoms with Gasteiger partial charge in [0.25, 0.3) is 0 Å². The van der Waals surface area contributed by atoms with Crippen molar-refractivity contribution in [3.8, 4) is 0 Å². The van der Waals surface area contributed by atoms with Crippen LogP contribution in [0.3, 0.4) is 0 Å². The van der Waals surface area contributed by atoms with Crippen LogP contribution in [0.4, 0.5) is 0 Å². The summed E-state index contributed by atoms with van der Waals surface area (Å²) in [7, 11) is 3.81. The van der Waals surface area contributed by atoms with Crippen LogP contribution in [0, 0.1) is 5.92 Å². The van der Waals surface area contributed by atoms with E-state index >= 15 is 0 Å². The van der Waals surface area contributed by atoms with Crippen molar-refractivity contribution in [2.24, 2.45) is 5.92 Å². The smallest absolute Gasteiger partial charge is 0.319 e. The fraction of sp³-hybridized carbons (Fsp3) is 0.846. The van der Waals surface area contributed by atoms with Crippen molar-refractivity contribution < 1.29 is 14.3 Å². The number of ether oxygens (including phenoxy) is 1. The van der Waals surface area contributed by atoms with Gasteiger partial charge in [-0.1, -0.05) is 0 Å². The molecule has 0 aromatic heterocycles. The Kier molecular flexibility index (Phi) is 4.73. The van der Waals surface area contributed by atoms with Gasteiger partial charge < -0.3 is 9.64 Å². The van der Waals surface area contributed by atoms with Gasteiger partial charge in [0.15, 0.2) is 0 Å². The van der Waals surface area contributed by atoms with Crippen molar-refractivity contribution in [2.75, 3.05) is 27.3 Å². The van der Waals surface area contributed by atoms with E-state index < -0.39 is 17.5 Å². The summed E-state index contributed by atoms with van der Waals surface area (Å²) in [5, 5.41) is 0. The Balaban J connectivity index is 2.66. The first-order valence-corrected chi connectivity index (χ1v) is 6.37. The highest BCUT2D eigenvalue weighted by Gasteiger charge is 2.36. The first-order chi connectivity index (χ1) is 8.20. The van der Waals surface area contributed by atoms with Crippen LogP contribution >= 0.6 is 0 Å². The summed E-state index contributed by atoms with van der Waals surface area (Å²) in [5.74, 6) is -1.13. The first kappa shape index (κ1) is 15.0. The minimum absolute atomic E-state index is 0.107. The third-order valence-electron chi connectivity index (χ3n) is 2.68. The van der Waals surface area contributed by atoms with Crippen molar-refractivity contribution in [3.63, 3.8) is 0 Å². The zero-order valence-electron chi connectivity index (χ0n) is 12.0. The third kappa shape index (κ3) is 4.29. The Morgan fingerprint density at radius 1 is 1.44 bits per heavy atom. The zero-order valence-corrected chi connectivity index (χ0v) is 12.0. The van der Waals surface area contributed by atoms with Gasteiger partial charge in [-0.15, -0.1) is 0 Å². The Morgan fingerprint density at radius 3 is 2.56 bits per heavy atom. The van der Waals surface area contributed by atoms with Gasteiger partial charge in [-0.25, -0.2) is 0 Å². The molecule has 1 atom stereocenters. The average Bonchev–Trinajstić information content (AvgIpc) is 2.17. The van der Waals surface area contributed by atoms with Gasteiger partial charge in [0.05, 0.1) is 6.67 Å². The summed E-state index contributed by atoms with van der Waals surface area (Å²) in [4.78, 5) is 27.8. The number of rotatable bonds is 3. The molecule has 0 radical (unpaired) electrons. The standard InChI is InChI=1S/C13H24N2O3/c1-13(2,3)18-12(17)10-7-6-8-15(11(10)16)9-14(4)5/h10H,6-9H2,1-5H3. The average molecular weight is 256 g/mol. The lowest BCUT2D eigenvalue weighted by atomic mass is 9.97. The van der Waals surface area contributed by atoms with Crippen LogP contribution in [0.2, 0.25) is 0 Å². The highest BCUT2D eigenvalue weighted by Crippen LogP contribution is 2.22. The highest BCUT2D eigenvalue weighted by molar-refractivity contribution is 5.98. The van der Waals surface area contributed by atoms with E-state index in [0.717, 1.165) is 13.0 Å². The van der Waals surface area contributed by atoms with Gasteiger partial charge >= 0.3 is 5.97 Å². The summed E-state index contributed by atoms with van der Waals surface area (Å²) >= 11 is 0. The van der Waals surface area contributed by atoms with Gasteiger partial charge in [0, 0.05) is 6.54 Å².